The van der Waals surface area contributed by atoms with Crippen LogP contribution >= 0.6 is 0 Å². The molecular formula is C17H24O4. The topological polar surface area (TPSA) is 60.4 Å². The van der Waals surface area contributed by atoms with Gasteiger partial charge in [-0.25, -0.2) is 4.79 Å². The van der Waals surface area contributed by atoms with Gasteiger partial charge in [-0.3, -0.25) is 0 Å². The minimum atomic E-state index is -0.328. The van der Waals surface area contributed by atoms with E-state index in [9.17, 15) is 14.4 Å². The first-order valence-corrected chi connectivity index (χ1v) is 7.54. The molecule has 0 amide bonds. The number of ether oxygens (including phenoxy) is 1. The summed E-state index contributed by atoms with van der Waals surface area (Å²) in [6, 6.07) is 0. The van der Waals surface area contributed by atoms with E-state index in [1.807, 2.05) is 12.2 Å². The smallest absolute Gasteiger partial charge is 0.333 e. The molecule has 21 heavy (non-hydrogen) atoms. The van der Waals surface area contributed by atoms with Crippen molar-refractivity contribution in [2.75, 3.05) is 6.61 Å². The molecule has 0 N–H and O–H groups in total. The van der Waals surface area contributed by atoms with E-state index in [1.54, 1.807) is 0 Å². The fraction of sp³-hybridized carbons (Fsp3) is 0.588. The van der Waals surface area contributed by atoms with Crippen LogP contribution in [0.3, 0.4) is 0 Å². The highest BCUT2D eigenvalue weighted by Crippen LogP contribution is 2.42. The van der Waals surface area contributed by atoms with E-state index >= 15 is 0 Å². The minimum absolute atomic E-state index is 0.105. The molecular weight excluding hydrogens is 268 g/mol. The molecule has 4 heteroatoms. The number of aldehydes is 2. The van der Waals surface area contributed by atoms with E-state index in [1.165, 1.54) is 0 Å². The summed E-state index contributed by atoms with van der Waals surface area (Å²) in [5.41, 5.74) is 0.578. The van der Waals surface area contributed by atoms with E-state index in [4.69, 9.17) is 4.74 Å². The van der Waals surface area contributed by atoms with Crippen molar-refractivity contribution in [3.63, 3.8) is 0 Å². The van der Waals surface area contributed by atoms with Gasteiger partial charge >= 0.3 is 5.97 Å². The van der Waals surface area contributed by atoms with Crippen LogP contribution in [0.2, 0.25) is 0 Å². The van der Waals surface area contributed by atoms with Crippen LogP contribution in [0.15, 0.2) is 24.3 Å². The number of allylic oxidation sites excluding steroid dienone is 2. The molecule has 1 aliphatic rings. The Bertz CT molecular complexity index is 397. The number of hydrogen-bond donors (Lipinski definition) is 0. The second-order valence-electron chi connectivity index (χ2n) is 5.51. The van der Waals surface area contributed by atoms with Gasteiger partial charge in [0, 0.05) is 18.4 Å². The zero-order valence-electron chi connectivity index (χ0n) is 12.5. The lowest BCUT2D eigenvalue weighted by atomic mass is 9.70. The second kappa shape index (κ2) is 9.27. The van der Waals surface area contributed by atoms with Crippen molar-refractivity contribution in [2.45, 2.75) is 51.4 Å². The third-order valence-electron chi connectivity index (χ3n) is 3.94. The number of rotatable bonds is 10. The molecule has 0 aromatic carbocycles. The van der Waals surface area contributed by atoms with Gasteiger partial charge in [0.2, 0.25) is 0 Å². The lowest BCUT2D eigenvalue weighted by Gasteiger charge is -2.34. The molecule has 0 saturated carbocycles. The zero-order valence-corrected chi connectivity index (χ0v) is 12.5. The first-order chi connectivity index (χ1) is 10.2. The van der Waals surface area contributed by atoms with Gasteiger partial charge in [-0.1, -0.05) is 12.2 Å². The highest BCUT2D eigenvalue weighted by Gasteiger charge is 2.31. The molecule has 0 aromatic rings. The molecule has 0 aromatic heterocycles. The van der Waals surface area contributed by atoms with Crippen molar-refractivity contribution < 1.29 is 19.1 Å². The molecule has 0 heterocycles. The monoisotopic (exact) mass is 292 g/mol. The predicted octanol–water partition coefficient (Wildman–Crippen LogP) is 3.16. The van der Waals surface area contributed by atoms with E-state index in [-0.39, 0.29) is 24.4 Å². The van der Waals surface area contributed by atoms with Gasteiger partial charge in [-0.2, -0.15) is 0 Å². The average molecular weight is 292 g/mol. The highest BCUT2D eigenvalue weighted by atomic mass is 16.5. The molecule has 1 aliphatic carbocycles. The third kappa shape index (κ3) is 5.66. The molecule has 116 valence electrons. The van der Waals surface area contributed by atoms with Crippen LogP contribution in [0.5, 0.6) is 0 Å². The molecule has 0 saturated heterocycles. The lowest BCUT2D eigenvalue weighted by Crippen LogP contribution is -2.25. The van der Waals surface area contributed by atoms with Crippen molar-refractivity contribution >= 4 is 18.5 Å². The summed E-state index contributed by atoms with van der Waals surface area (Å²) in [6.45, 7) is 3.88. The van der Waals surface area contributed by atoms with Crippen LogP contribution in [0, 0.1) is 5.41 Å². The Balaban J connectivity index is 2.79. The van der Waals surface area contributed by atoms with Crippen LogP contribution in [0.4, 0.5) is 0 Å². The normalized spacial score (nSPS) is 21.2. The Morgan fingerprint density at radius 1 is 1.24 bits per heavy atom. The number of esters is 1. The maximum Gasteiger partial charge on any atom is 0.333 e. The Kier molecular flexibility index (Phi) is 7.65. The van der Waals surface area contributed by atoms with Gasteiger partial charge in [-0.15, -0.1) is 6.58 Å². The van der Waals surface area contributed by atoms with Crippen LogP contribution in [0.25, 0.3) is 0 Å². The summed E-state index contributed by atoms with van der Waals surface area (Å²) in [5.74, 6) is -0.328. The van der Waals surface area contributed by atoms with Crippen LogP contribution < -0.4 is 0 Å². The quantitative estimate of drug-likeness (QED) is 0.268. The van der Waals surface area contributed by atoms with Gasteiger partial charge in [0.25, 0.3) is 0 Å². The largest absolute Gasteiger partial charge is 0.462 e. The molecule has 1 rings (SSSR count). The first-order valence-electron chi connectivity index (χ1n) is 7.54. The molecule has 0 unspecified atom stereocenters. The van der Waals surface area contributed by atoms with Gasteiger partial charge in [0.1, 0.15) is 12.6 Å². The molecule has 0 spiro atoms. The Morgan fingerprint density at radius 2 is 1.95 bits per heavy atom. The van der Waals surface area contributed by atoms with Gasteiger partial charge in [0.15, 0.2) is 0 Å². The average Bonchev–Trinajstić information content (AvgIpc) is 2.51. The van der Waals surface area contributed by atoms with Crippen molar-refractivity contribution in [2.24, 2.45) is 5.41 Å². The minimum Gasteiger partial charge on any atom is -0.462 e. The van der Waals surface area contributed by atoms with E-state index in [0.29, 0.717) is 18.4 Å². The SMILES string of the molecule is C=CCC[C@]1(CCC=O)C=C(C(=O)OCCC=O)CCC1. The van der Waals surface area contributed by atoms with Crippen molar-refractivity contribution in [3.8, 4) is 0 Å². The molecule has 0 bridgehead atoms. The number of hydrogen-bond acceptors (Lipinski definition) is 4. The standard InChI is InChI=1S/C17H24O4/c1-2-3-8-17(10-5-11-18)9-4-7-15(14-17)16(20)21-13-6-12-19/h2,11-12,14H,1,3-10,13H2/t17-/m0/s1. The summed E-state index contributed by atoms with van der Waals surface area (Å²) in [7, 11) is 0. The zero-order chi connectivity index (χ0) is 15.6. The number of carbonyl (C=O) groups excluding carboxylic acids is 3. The van der Waals surface area contributed by atoms with E-state index < -0.39 is 0 Å². The highest BCUT2D eigenvalue weighted by molar-refractivity contribution is 5.88. The maximum atomic E-state index is 12.0. The van der Waals surface area contributed by atoms with E-state index in [0.717, 1.165) is 44.7 Å². The maximum absolute atomic E-state index is 12.0. The molecule has 0 radical (unpaired) electrons. The van der Waals surface area contributed by atoms with Crippen molar-refractivity contribution in [1.29, 1.82) is 0 Å². The number of carbonyl (C=O) groups is 3. The summed E-state index contributed by atoms with van der Waals surface area (Å²) in [4.78, 5) is 33.0. The third-order valence-corrected chi connectivity index (χ3v) is 3.94. The first kappa shape index (κ1) is 17.3. The summed E-state index contributed by atoms with van der Waals surface area (Å²) in [5, 5.41) is 0. The second-order valence-corrected chi connectivity index (χ2v) is 5.51. The predicted molar refractivity (Wildman–Crippen MR) is 80.7 cm³/mol. The van der Waals surface area contributed by atoms with Gasteiger partial charge in [-0.05, 0) is 43.9 Å². The Labute approximate surface area is 126 Å². The van der Waals surface area contributed by atoms with E-state index in [2.05, 4.69) is 6.58 Å². The Morgan fingerprint density at radius 3 is 2.62 bits per heavy atom. The fourth-order valence-corrected chi connectivity index (χ4v) is 2.85. The molecule has 4 nitrogen and oxygen atoms in total. The molecule has 0 fully saturated rings. The summed E-state index contributed by atoms with van der Waals surface area (Å²) in [6.07, 6.45) is 11.4. The molecule has 0 aliphatic heterocycles. The molecule has 1 atom stereocenters. The Hall–Kier alpha value is -1.71. The van der Waals surface area contributed by atoms with Crippen molar-refractivity contribution in [1.82, 2.24) is 0 Å². The van der Waals surface area contributed by atoms with Crippen LogP contribution in [-0.2, 0) is 19.1 Å². The summed E-state index contributed by atoms with van der Waals surface area (Å²) < 4.78 is 5.10. The van der Waals surface area contributed by atoms with Crippen molar-refractivity contribution in [3.05, 3.63) is 24.3 Å². The van der Waals surface area contributed by atoms with Crippen LogP contribution in [0.1, 0.15) is 51.4 Å². The van der Waals surface area contributed by atoms with Gasteiger partial charge < -0.3 is 14.3 Å². The van der Waals surface area contributed by atoms with Crippen LogP contribution in [-0.4, -0.2) is 25.1 Å². The fourth-order valence-electron chi connectivity index (χ4n) is 2.85. The lowest BCUT2D eigenvalue weighted by molar-refractivity contribution is -0.139. The van der Waals surface area contributed by atoms with Gasteiger partial charge in [0.05, 0.1) is 6.61 Å². The summed E-state index contributed by atoms with van der Waals surface area (Å²) >= 11 is 0.